The monoisotopic (exact) mass is 396 g/mol. The molecule has 0 bridgehead atoms. The highest BCUT2D eigenvalue weighted by molar-refractivity contribution is 6.02. The Morgan fingerprint density at radius 3 is 2.28 bits per heavy atom. The number of aryl methyl sites for hydroxylation is 2. The molecule has 2 aromatic rings. The van der Waals surface area contributed by atoms with Gasteiger partial charge in [0.15, 0.2) is 12.4 Å². The largest absolute Gasteiger partial charge is 0.456 e. The van der Waals surface area contributed by atoms with Crippen LogP contribution in [0.2, 0.25) is 0 Å². The van der Waals surface area contributed by atoms with Gasteiger partial charge in [-0.1, -0.05) is 42.0 Å². The minimum atomic E-state index is -0.758. The van der Waals surface area contributed by atoms with Gasteiger partial charge in [0.05, 0.1) is 6.42 Å². The zero-order valence-corrected chi connectivity index (χ0v) is 16.7. The summed E-state index contributed by atoms with van der Waals surface area (Å²) in [5.74, 6) is -1.62. The molecule has 0 spiro atoms. The number of hydrogen-bond acceptors (Lipinski definition) is 5. The summed E-state index contributed by atoms with van der Waals surface area (Å²) in [6, 6.07) is 11.7. The number of ether oxygens (including phenoxy) is 1. The molecule has 7 heteroatoms. The normalized spacial score (nSPS) is 10.2. The van der Waals surface area contributed by atoms with Crippen molar-refractivity contribution in [3.63, 3.8) is 0 Å². The number of carbonyl (C=O) groups is 4. The van der Waals surface area contributed by atoms with Crippen LogP contribution in [0, 0.1) is 20.8 Å². The number of imide groups is 1. The van der Waals surface area contributed by atoms with E-state index in [1.54, 1.807) is 24.3 Å². The second-order valence-corrected chi connectivity index (χ2v) is 6.70. The average Bonchev–Trinajstić information content (AvgIpc) is 2.68. The van der Waals surface area contributed by atoms with Gasteiger partial charge in [0.1, 0.15) is 0 Å². The molecule has 29 heavy (non-hydrogen) atoms. The van der Waals surface area contributed by atoms with Crippen LogP contribution in [0.25, 0.3) is 0 Å². The van der Waals surface area contributed by atoms with Gasteiger partial charge in [-0.15, -0.1) is 0 Å². The van der Waals surface area contributed by atoms with E-state index < -0.39 is 24.5 Å². The smallest absolute Gasteiger partial charge is 0.325 e. The lowest BCUT2D eigenvalue weighted by atomic mass is 10.1. The lowest BCUT2D eigenvalue weighted by molar-refractivity contribution is -0.148. The fourth-order valence-electron chi connectivity index (χ4n) is 2.52. The fraction of sp³-hybridized carbons (Fsp3) is 0.273. The molecule has 152 valence electrons. The Morgan fingerprint density at radius 2 is 1.59 bits per heavy atom. The molecule has 0 fully saturated rings. The van der Waals surface area contributed by atoms with Crippen molar-refractivity contribution in [1.29, 1.82) is 0 Å². The Balaban J connectivity index is 1.71. The van der Waals surface area contributed by atoms with E-state index in [4.69, 9.17) is 4.74 Å². The summed E-state index contributed by atoms with van der Waals surface area (Å²) in [5.41, 5.74) is 4.03. The zero-order chi connectivity index (χ0) is 21.4. The highest BCUT2D eigenvalue weighted by Crippen LogP contribution is 2.17. The van der Waals surface area contributed by atoms with Crippen LogP contribution in [0.4, 0.5) is 10.5 Å². The maximum absolute atomic E-state index is 12.0. The number of esters is 1. The van der Waals surface area contributed by atoms with E-state index in [1.165, 1.54) is 0 Å². The number of ketones is 1. The standard InChI is InChI=1S/C22H24N2O5/c1-14-7-9-17(10-8-14)19(25)11-12-21(27)29-13-20(26)24-22(28)23-18-6-4-5-15(2)16(18)3/h4-10H,11-13H2,1-3H3,(H2,23,24,26,28). The van der Waals surface area contributed by atoms with Gasteiger partial charge in [0.2, 0.25) is 0 Å². The maximum atomic E-state index is 12.0. The van der Waals surface area contributed by atoms with E-state index in [9.17, 15) is 19.2 Å². The van der Waals surface area contributed by atoms with E-state index >= 15 is 0 Å². The van der Waals surface area contributed by atoms with E-state index in [2.05, 4.69) is 10.6 Å². The van der Waals surface area contributed by atoms with E-state index in [0.29, 0.717) is 11.3 Å². The number of anilines is 1. The molecule has 0 heterocycles. The number of hydrogen-bond donors (Lipinski definition) is 2. The second-order valence-electron chi connectivity index (χ2n) is 6.70. The predicted molar refractivity (Wildman–Crippen MR) is 109 cm³/mol. The quantitative estimate of drug-likeness (QED) is 0.551. The van der Waals surface area contributed by atoms with Crippen molar-refractivity contribution in [2.45, 2.75) is 33.6 Å². The van der Waals surface area contributed by atoms with Crippen LogP contribution < -0.4 is 10.6 Å². The third-order valence-electron chi connectivity index (χ3n) is 4.40. The van der Waals surface area contributed by atoms with Gasteiger partial charge in [-0.05, 0) is 38.0 Å². The van der Waals surface area contributed by atoms with Crippen LogP contribution in [-0.4, -0.2) is 30.3 Å². The highest BCUT2D eigenvalue weighted by Gasteiger charge is 2.14. The third-order valence-corrected chi connectivity index (χ3v) is 4.40. The molecule has 2 N–H and O–H groups in total. The van der Waals surface area contributed by atoms with E-state index in [-0.39, 0.29) is 18.6 Å². The number of benzene rings is 2. The number of Topliss-reactive ketones (excluding diaryl/α,β-unsaturated/α-hetero) is 1. The summed E-state index contributed by atoms with van der Waals surface area (Å²) in [6.07, 6.45) is -0.161. The van der Waals surface area contributed by atoms with E-state index in [0.717, 1.165) is 16.7 Å². The molecule has 2 rings (SSSR count). The number of urea groups is 1. The van der Waals surface area contributed by atoms with Crippen molar-refractivity contribution in [3.8, 4) is 0 Å². The Bertz CT molecular complexity index is 919. The average molecular weight is 396 g/mol. The molecule has 7 nitrogen and oxygen atoms in total. The van der Waals surface area contributed by atoms with Gasteiger partial charge in [0, 0.05) is 17.7 Å². The molecule has 0 unspecified atom stereocenters. The summed E-state index contributed by atoms with van der Waals surface area (Å²) >= 11 is 0. The summed E-state index contributed by atoms with van der Waals surface area (Å²) in [4.78, 5) is 47.4. The van der Waals surface area contributed by atoms with Crippen molar-refractivity contribution in [1.82, 2.24) is 5.32 Å². The summed E-state index contributed by atoms with van der Waals surface area (Å²) < 4.78 is 4.82. The number of carbonyl (C=O) groups excluding carboxylic acids is 4. The number of amides is 3. The Hall–Kier alpha value is -3.48. The molecule has 0 aliphatic heterocycles. The van der Waals surface area contributed by atoms with Gasteiger partial charge < -0.3 is 10.1 Å². The number of rotatable bonds is 7. The predicted octanol–water partition coefficient (Wildman–Crippen LogP) is 3.47. The first-order chi connectivity index (χ1) is 13.8. The van der Waals surface area contributed by atoms with Crippen LogP contribution in [-0.2, 0) is 14.3 Å². The first kappa shape index (κ1) is 21.8. The van der Waals surface area contributed by atoms with Crippen LogP contribution in [0.15, 0.2) is 42.5 Å². The van der Waals surface area contributed by atoms with Gasteiger partial charge in [-0.3, -0.25) is 19.7 Å². The van der Waals surface area contributed by atoms with Crippen molar-refractivity contribution in [2.75, 3.05) is 11.9 Å². The van der Waals surface area contributed by atoms with Gasteiger partial charge in [-0.2, -0.15) is 0 Å². The first-order valence-electron chi connectivity index (χ1n) is 9.19. The second kappa shape index (κ2) is 10.2. The number of nitrogens with one attached hydrogen (secondary N) is 2. The van der Waals surface area contributed by atoms with Crippen LogP contribution in [0.3, 0.4) is 0 Å². The first-order valence-corrected chi connectivity index (χ1v) is 9.19. The van der Waals surface area contributed by atoms with Crippen molar-refractivity contribution >= 4 is 29.4 Å². The third kappa shape index (κ3) is 6.88. The topological polar surface area (TPSA) is 102 Å². The van der Waals surface area contributed by atoms with Gasteiger partial charge in [-0.25, -0.2) is 4.79 Å². The molecule has 0 aliphatic carbocycles. The van der Waals surface area contributed by atoms with Crippen LogP contribution in [0.5, 0.6) is 0 Å². The molecule has 0 saturated heterocycles. The molecule has 0 atom stereocenters. The molecule has 0 aromatic heterocycles. The highest BCUT2D eigenvalue weighted by atomic mass is 16.5. The van der Waals surface area contributed by atoms with Crippen molar-refractivity contribution < 1.29 is 23.9 Å². The molecule has 0 aliphatic rings. The minimum absolute atomic E-state index is 0.0172. The van der Waals surface area contributed by atoms with Crippen LogP contribution >= 0.6 is 0 Å². The van der Waals surface area contributed by atoms with Gasteiger partial charge >= 0.3 is 12.0 Å². The van der Waals surface area contributed by atoms with Crippen LogP contribution in [0.1, 0.15) is 39.9 Å². The Morgan fingerprint density at radius 1 is 0.897 bits per heavy atom. The van der Waals surface area contributed by atoms with Crippen molar-refractivity contribution in [3.05, 3.63) is 64.7 Å². The summed E-state index contributed by atoms with van der Waals surface area (Å²) in [5, 5.41) is 4.67. The van der Waals surface area contributed by atoms with E-state index in [1.807, 2.05) is 39.0 Å². The molecule has 0 saturated carbocycles. The fourth-order valence-corrected chi connectivity index (χ4v) is 2.52. The summed E-state index contributed by atoms with van der Waals surface area (Å²) in [7, 11) is 0. The molecule has 3 amide bonds. The van der Waals surface area contributed by atoms with Gasteiger partial charge in [0.25, 0.3) is 5.91 Å². The SMILES string of the molecule is Cc1ccc(C(=O)CCC(=O)OCC(=O)NC(=O)Nc2cccc(C)c2C)cc1. The summed E-state index contributed by atoms with van der Waals surface area (Å²) in [6.45, 7) is 5.08. The lowest BCUT2D eigenvalue weighted by Gasteiger charge is -2.11. The molecular formula is C22H24N2O5. The molecule has 0 radical (unpaired) electrons. The zero-order valence-electron chi connectivity index (χ0n) is 16.7. The molecular weight excluding hydrogens is 372 g/mol. The minimum Gasteiger partial charge on any atom is -0.456 e. The lowest BCUT2D eigenvalue weighted by Crippen LogP contribution is -2.37. The Kier molecular flexibility index (Phi) is 7.65. The Labute approximate surface area is 169 Å². The molecule has 2 aromatic carbocycles. The van der Waals surface area contributed by atoms with Crippen molar-refractivity contribution in [2.24, 2.45) is 0 Å². The maximum Gasteiger partial charge on any atom is 0.325 e.